The topological polar surface area (TPSA) is 180 Å². The van der Waals surface area contributed by atoms with Crippen LogP contribution in [0.2, 0.25) is 0 Å². The lowest BCUT2D eigenvalue weighted by molar-refractivity contribution is -0.143. The number of nitrogens with one attached hydrogen (secondary N) is 2. The Morgan fingerprint density at radius 2 is 1.24 bits per heavy atom. The number of aryl methyl sites for hydroxylation is 2. The molecule has 2 aromatic carbocycles. The Balaban J connectivity index is 0.000000151. The first kappa shape index (κ1) is 40.1. The van der Waals surface area contributed by atoms with Gasteiger partial charge in [-0.2, -0.15) is 0 Å². The molecule has 3 N–H and O–H groups in total. The summed E-state index contributed by atoms with van der Waals surface area (Å²) in [5, 5.41) is 18.3. The number of ether oxygens (including phenoxy) is 2. The molecular formula is C45H46N10O5S2. The SMILES string of the molecule is COc1cc2c(cc1Nc1ncnc3sc4c(c13)CC[C@H](C(=O)N1CC(N(C)C)C1)C4)C=NC2.COc1cc2c(cc1Nc1ncnc3sc4c(c13)CC[C@H](C(=O)O)C4)C=NC2. The van der Waals surface area contributed by atoms with Crippen LogP contribution < -0.4 is 20.1 Å². The van der Waals surface area contributed by atoms with Crippen LogP contribution in [0, 0.1) is 11.8 Å². The van der Waals surface area contributed by atoms with E-state index in [1.807, 2.05) is 35.5 Å². The molecule has 0 spiro atoms. The van der Waals surface area contributed by atoms with Crippen LogP contribution in [-0.2, 0) is 48.4 Å². The highest BCUT2D eigenvalue weighted by Crippen LogP contribution is 2.44. The predicted molar refractivity (Wildman–Crippen MR) is 243 cm³/mol. The summed E-state index contributed by atoms with van der Waals surface area (Å²) in [6.07, 6.45) is 11.4. The van der Waals surface area contributed by atoms with E-state index in [1.54, 1.807) is 49.5 Å². The van der Waals surface area contributed by atoms with Crippen molar-refractivity contribution in [3.8, 4) is 11.5 Å². The van der Waals surface area contributed by atoms with E-state index in [9.17, 15) is 14.7 Å². The summed E-state index contributed by atoms with van der Waals surface area (Å²) in [4.78, 5) is 59.7. The summed E-state index contributed by atoms with van der Waals surface area (Å²) in [7, 11) is 7.49. The van der Waals surface area contributed by atoms with E-state index in [-0.39, 0.29) is 11.8 Å². The van der Waals surface area contributed by atoms with Crippen LogP contribution in [0.1, 0.15) is 56.0 Å². The molecule has 0 bridgehead atoms. The largest absolute Gasteiger partial charge is 0.495 e. The van der Waals surface area contributed by atoms with E-state index in [4.69, 9.17) is 9.47 Å². The fourth-order valence-electron chi connectivity index (χ4n) is 9.12. The van der Waals surface area contributed by atoms with E-state index in [0.29, 0.717) is 37.9 Å². The number of methoxy groups -OCH3 is 2. The second kappa shape index (κ2) is 16.3. The van der Waals surface area contributed by atoms with Crippen LogP contribution in [0.3, 0.4) is 0 Å². The van der Waals surface area contributed by atoms with Crippen LogP contribution in [-0.4, -0.2) is 107 Å². The number of likely N-dealkylation sites (tertiary alicyclic amines) is 1. The highest BCUT2D eigenvalue weighted by atomic mass is 32.1. The van der Waals surface area contributed by atoms with Crippen molar-refractivity contribution in [2.45, 2.75) is 57.7 Å². The fraction of sp³-hybridized carbons (Fsp3) is 0.378. The standard InChI is InChI=1S/C25H28N6O2S.C20H18N4O3S/c1-30(2)17-11-31(12-17)25(32)14-4-5-18-21(8-14)34-24-22(18)23(27-13-28-24)29-19-6-15-9-26-10-16(15)7-20(19)33-3;1-27-15-5-12-8-21-7-11(12)4-14(15)24-18-17-13-3-2-10(20(25)26)6-16(13)28-19(17)23-9-22-18/h6-7,9,13-14,17H,4-5,8,10-12H2,1-3H3,(H,27,28,29);4-5,7,9-10H,2-3,6,8H2,1H3,(H,25,26)(H,22,23,24)/t14-;10-/m00/s1. The first-order valence-electron chi connectivity index (χ1n) is 20.8. The number of anilines is 4. The first-order valence-corrected chi connectivity index (χ1v) is 22.4. The molecule has 2 aliphatic carbocycles. The van der Waals surface area contributed by atoms with Crippen molar-refractivity contribution in [2.75, 3.05) is 52.0 Å². The number of thiophene rings is 2. The Morgan fingerprint density at radius 1 is 0.742 bits per heavy atom. The van der Waals surface area contributed by atoms with Crippen LogP contribution in [0.25, 0.3) is 20.4 Å². The number of carbonyl (C=O) groups excluding carboxylic acids is 1. The number of rotatable bonds is 9. The Labute approximate surface area is 366 Å². The van der Waals surface area contributed by atoms with Gasteiger partial charge in [-0.1, -0.05) is 0 Å². The van der Waals surface area contributed by atoms with Gasteiger partial charge in [0.15, 0.2) is 0 Å². The lowest BCUT2D eigenvalue weighted by Crippen LogP contribution is -2.60. The average molecular weight is 871 g/mol. The molecule has 1 amide bonds. The number of benzene rings is 2. The van der Waals surface area contributed by atoms with Gasteiger partial charge >= 0.3 is 5.97 Å². The van der Waals surface area contributed by atoms with Gasteiger partial charge in [-0.05, 0) is 110 Å². The summed E-state index contributed by atoms with van der Waals surface area (Å²) < 4.78 is 11.2. The Hall–Kier alpha value is -6.04. The number of hydrogen-bond acceptors (Lipinski definition) is 15. The molecule has 17 heteroatoms. The lowest BCUT2D eigenvalue weighted by Gasteiger charge is -2.44. The number of carbonyl (C=O) groups is 2. The third kappa shape index (κ3) is 7.30. The summed E-state index contributed by atoms with van der Waals surface area (Å²) in [6, 6.07) is 8.62. The van der Waals surface area contributed by atoms with Crippen LogP contribution in [0.15, 0.2) is 46.9 Å². The van der Waals surface area contributed by atoms with E-state index < -0.39 is 5.97 Å². The van der Waals surface area contributed by atoms with Crippen molar-refractivity contribution in [1.82, 2.24) is 29.7 Å². The second-order valence-electron chi connectivity index (χ2n) is 16.6. The summed E-state index contributed by atoms with van der Waals surface area (Å²) in [6.45, 7) is 3.05. The number of carboxylic acid groups (broad SMARTS) is 1. The number of fused-ring (bicyclic) bond motifs is 8. The number of amides is 1. The monoisotopic (exact) mass is 870 g/mol. The summed E-state index contributed by atoms with van der Waals surface area (Å²) in [5.41, 5.74) is 8.63. The molecule has 4 aromatic heterocycles. The van der Waals surface area contributed by atoms with Crippen molar-refractivity contribution in [3.05, 3.63) is 80.1 Å². The lowest BCUT2D eigenvalue weighted by atomic mass is 9.86. The molecule has 11 rings (SSSR count). The molecular weight excluding hydrogens is 825 g/mol. The summed E-state index contributed by atoms with van der Waals surface area (Å²) >= 11 is 3.26. The number of carboxylic acids is 1. The van der Waals surface area contributed by atoms with Gasteiger partial charge in [0, 0.05) is 47.2 Å². The zero-order valence-electron chi connectivity index (χ0n) is 34.9. The molecule has 1 saturated heterocycles. The van der Waals surface area contributed by atoms with Crippen molar-refractivity contribution >= 4 is 90.4 Å². The molecule has 3 aliphatic heterocycles. The number of aromatic nitrogens is 4. The van der Waals surface area contributed by atoms with Crippen molar-refractivity contribution in [1.29, 1.82) is 0 Å². The Morgan fingerprint density at radius 3 is 1.73 bits per heavy atom. The van der Waals surface area contributed by atoms with Crippen LogP contribution in [0.5, 0.6) is 11.5 Å². The molecule has 7 heterocycles. The van der Waals surface area contributed by atoms with Gasteiger partial charge in [-0.25, -0.2) is 19.9 Å². The van der Waals surface area contributed by atoms with Crippen LogP contribution >= 0.6 is 22.7 Å². The number of aliphatic imine (C=N–C) groups is 2. The number of likely N-dealkylation sites (N-methyl/N-ethyl adjacent to an activating group) is 1. The summed E-state index contributed by atoms with van der Waals surface area (Å²) in [5.74, 6) is 2.35. The Bertz CT molecular complexity index is 2830. The zero-order chi connectivity index (χ0) is 42.6. The third-order valence-corrected chi connectivity index (χ3v) is 15.0. The van der Waals surface area contributed by atoms with Gasteiger partial charge < -0.3 is 35.0 Å². The minimum atomic E-state index is -0.725. The van der Waals surface area contributed by atoms with Crippen molar-refractivity contribution < 1.29 is 24.2 Å². The molecule has 1 fully saturated rings. The minimum Gasteiger partial charge on any atom is -0.495 e. The molecule has 6 aromatic rings. The van der Waals surface area contributed by atoms with E-state index in [0.717, 1.165) is 121 Å². The predicted octanol–water partition coefficient (Wildman–Crippen LogP) is 6.82. The first-order chi connectivity index (χ1) is 30.1. The highest BCUT2D eigenvalue weighted by molar-refractivity contribution is 7.19. The number of nitrogens with zero attached hydrogens (tertiary/aromatic N) is 8. The smallest absolute Gasteiger partial charge is 0.306 e. The quantitative estimate of drug-likeness (QED) is 0.138. The number of aliphatic carboxylic acids is 1. The van der Waals surface area contributed by atoms with E-state index in [1.165, 1.54) is 16.0 Å². The van der Waals surface area contributed by atoms with E-state index >= 15 is 0 Å². The van der Waals surface area contributed by atoms with E-state index in [2.05, 4.69) is 65.6 Å². The maximum absolute atomic E-state index is 13.1. The van der Waals surface area contributed by atoms with Gasteiger partial charge in [-0.15, -0.1) is 22.7 Å². The molecule has 318 valence electrons. The normalized spacial score (nSPS) is 18.4. The molecule has 5 aliphatic rings. The van der Waals surface area contributed by atoms with Crippen LogP contribution in [0.4, 0.5) is 23.0 Å². The van der Waals surface area contributed by atoms with Gasteiger partial charge in [0.25, 0.3) is 0 Å². The second-order valence-corrected chi connectivity index (χ2v) is 18.8. The van der Waals surface area contributed by atoms with Crippen molar-refractivity contribution in [2.24, 2.45) is 21.8 Å². The number of hydrogen-bond donors (Lipinski definition) is 3. The Kier molecular flexibility index (Phi) is 10.6. The fourth-order valence-corrected chi connectivity index (χ4v) is 11.7. The van der Waals surface area contributed by atoms with Gasteiger partial charge in [0.05, 0.1) is 55.4 Å². The van der Waals surface area contributed by atoms with Gasteiger partial charge in [0.2, 0.25) is 5.91 Å². The average Bonchev–Trinajstić information content (AvgIpc) is 4.07. The maximum atomic E-state index is 13.1. The molecule has 2 atom stereocenters. The third-order valence-electron chi connectivity index (χ3n) is 12.7. The molecule has 0 radical (unpaired) electrons. The molecule has 62 heavy (non-hydrogen) atoms. The zero-order valence-corrected chi connectivity index (χ0v) is 36.5. The molecule has 15 nitrogen and oxygen atoms in total. The molecule has 0 unspecified atom stereocenters. The van der Waals surface area contributed by atoms with Gasteiger partial charge in [-0.3, -0.25) is 19.6 Å². The highest BCUT2D eigenvalue weighted by Gasteiger charge is 2.38. The maximum Gasteiger partial charge on any atom is 0.306 e. The molecule has 0 saturated carbocycles. The minimum absolute atomic E-state index is 0.0594. The van der Waals surface area contributed by atoms with Gasteiger partial charge in [0.1, 0.15) is 45.5 Å². The van der Waals surface area contributed by atoms with Crippen molar-refractivity contribution in [3.63, 3.8) is 0 Å².